The van der Waals surface area contributed by atoms with Gasteiger partial charge in [0.25, 0.3) is 6.01 Å². The second-order valence-corrected chi connectivity index (χ2v) is 8.02. The van der Waals surface area contributed by atoms with Crippen molar-refractivity contribution in [3.8, 4) is 11.3 Å². The van der Waals surface area contributed by atoms with Crippen LogP contribution in [0.15, 0.2) is 47.0 Å². The molecule has 0 spiro atoms. The molecule has 2 aliphatic heterocycles. The molecule has 2 aliphatic rings. The van der Waals surface area contributed by atoms with Gasteiger partial charge in [-0.2, -0.15) is 0 Å². The fourth-order valence-corrected chi connectivity index (χ4v) is 4.03. The molecule has 0 unspecified atom stereocenters. The molecule has 0 bridgehead atoms. The highest BCUT2D eigenvalue weighted by atomic mass is 19.1. The van der Waals surface area contributed by atoms with Crippen molar-refractivity contribution < 1.29 is 17.9 Å². The van der Waals surface area contributed by atoms with E-state index in [2.05, 4.69) is 20.1 Å². The lowest BCUT2D eigenvalue weighted by Crippen LogP contribution is -2.56. The number of hydrogen-bond acceptors (Lipinski definition) is 6. The highest BCUT2D eigenvalue weighted by Gasteiger charge is 2.30. The molecule has 2 saturated heterocycles. The van der Waals surface area contributed by atoms with Crippen LogP contribution in [0, 0.1) is 18.6 Å². The second kappa shape index (κ2) is 8.28. The lowest BCUT2D eigenvalue weighted by Gasteiger charge is -2.43. The minimum absolute atomic E-state index is 0.185. The van der Waals surface area contributed by atoms with Crippen molar-refractivity contribution >= 4 is 17.4 Å². The first kappa shape index (κ1) is 20.0. The third kappa shape index (κ3) is 4.13. The Morgan fingerprint density at radius 1 is 1.03 bits per heavy atom. The van der Waals surface area contributed by atoms with Gasteiger partial charge in [0.1, 0.15) is 5.82 Å². The summed E-state index contributed by atoms with van der Waals surface area (Å²) in [5, 5.41) is 2.96. The maximum Gasteiger partial charge on any atom is 0.299 e. The van der Waals surface area contributed by atoms with E-state index in [4.69, 9.17) is 9.15 Å². The van der Waals surface area contributed by atoms with Crippen molar-refractivity contribution in [1.29, 1.82) is 0 Å². The Bertz CT molecular complexity index is 1060. The van der Waals surface area contributed by atoms with Crippen LogP contribution in [0.5, 0.6) is 0 Å². The summed E-state index contributed by atoms with van der Waals surface area (Å²) in [5.41, 5.74) is 2.54. The number of rotatable bonds is 5. The first-order valence-electron chi connectivity index (χ1n) is 10.4. The van der Waals surface area contributed by atoms with Gasteiger partial charge in [-0.15, -0.1) is 0 Å². The van der Waals surface area contributed by atoms with Crippen LogP contribution >= 0.6 is 0 Å². The Morgan fingerprint density at radius 2 is 1.77 bits per heavy atom. The van der Waals surface area contributed by atoms with E-state index in [9.17, 15) is 4.39 Å². The Kier molecular flexibility index (Phi) is 5.33. The van der Waals surface area contributed by atoms with Gasteiger partial charge < -0.3 is 19.4 Å². The highest BCUT2D eigenvalue weighted by Crippen LogP contribution is 2.32. The van der Waals surface area contributed by atoms with Gasteiger partial charge in [-0.3, -0.25) is 4.90 Å². The van der Waals surface area contributed by atoms with E-state index in [0.717, 1.165) is 45.0 Å². The first-order chi connectivity index (χ1) is 15.1. The number of hydrogen-bond donors (Lipinski definition) is 1. The van der Waals surface area contributed by atoms with Gasteiger partial charge in [0.05, 0.1) is 36.8 Å². The standard InChI is InChI=1S/C23H24F2N4O2/c1-15-10-19(27-23-26-12-21(31-23)16-2-4-17(24)5-3-16)22(25)20(11-15)29-8-6-28(7-9-29)18-13-30-14-18/h2-5,10-12,18H,6-9,13-14H2,1H3,(H,26,27). The van der Waals surface area contributed by atoms with Crippen molar-refractivity contribution in [1.82, 2.24) is 9.88 Å². The fraction of sp³-hybridized carbons (Fsp3) is 0.348. The number of piperazine rings is 1. The lowest BCUT2D eigenvalue weighted by molar-refractivity contribution is -0.0660. The van der Waals surface area contributed by atoms with Gasteiger partial charge >= 0.3 is 0 Å². The minimum Gasteiger partial charge on any atom is -0.423 e. The molecular weight excluding hydrogens is 402 g/mol. The highest BCUT2D eigenvalue weighted by molar-refractivity contribution is 5.66. The quantitative estimate of drug-likeness (QED) is 0.660. The van der Waals surface area contributed by atoms with Crippen molar-refractivity contribution in [3.63, 3.8) is 0 Å². The van der Waals surface area contributed by atoms with Crippen molar-refractivity contribution in [2.24, 2.45) is 0 Å². The molecule has 6 nitrogen and oxygen atoms in total. The molecule has 0 aliphatic carbocycles. The summed E-state index contributed by atoms with van der Waals surface area (Å²) in [7, 11) is 0. The molecule has 0 saturated carbocycles. The smallest absolute Gasteiger partial charge is 0.299 e. The Labute approximate surface area is 179 Å². The van der Waals surface area contributed by atoms with E-state index >= 15 is 4.39 Å². The van der Waals surface area contributed by atoms with Crippen LogP contribution in [0.2, 0.25) is 0 Å². The van der Waals surface area contributed by atoms with E-state index in [-0.39, 0.29) is 17.6 Å². The monoisotopic (exact) mass is 426 g/mol. The molecule has 31 heavy (non-hydrogen) atoms. The van der Waals surface area contributed by atoms with Crippen molar-refractivity contribution in [2.45, 2.75) is 13.0 Å². The SMILES string of the molecule is Cc1cc(Nc2ncc(-c3ccc(F)cc3)o2)c(F)c(N2CCN(C3COC3)CC2)c1. The molecule has 0 atom stereocenters. The van der Waals surface area contributed by atoms with Crippen LogP contribution in [0.4, 0.5) is 26.2 Å². The zero-order valence-corrected chi connectivity index (χ0v) is 17.3. The summed E-state index contributed by atoms with van der Waals surface area (Å²) in [6.07, 6.45) is 1.54. The number of halogens is 2. The van der Waals surface area contributed by atoms with Gasteiger partial charge in [-0.05, 0) is 48.9 Å². The number of aromatic nitrogens is 1. The van der Waals surface area contributed by atoms with Crippen LogP contribution in [0.1, 0.15) is 5.56 Å². The Hall–Kier alpha value is -2.97. The van der Waals surface area contributed by atoms with E-state index in [0.29, 0.717) is 28.7 Å². The summed E-state index contributed by atoms with van der Waals surface area (Å²) in [6, 6.07) is 10.2. The maximum atomic E-state index is 15.4. The van der Waals surface area contributed by atoms with Crippen molar-refractivity contribution in [3.05, 3.63) is 59.8 Å². The third-order valence-electron chi connectivity index (χ3n) is 5.87. The Balaban J connectivity index is 1.32. The molecule has 3 aromatic rings. The van der Waals surface area contributed by atoms with E-state index in [1.54, 1.807) is 18.2 Å². The molecule has 2 fully saturated rings. The first-order valence-corrected chi connectivity index (χ1v) is 10.4. The second-order valence-electron chi connectivity index (χ2n) is 8.02. The van der Waals surface area contributed by atoms with E-state index in [1.165, 1.54) is 18.3 Å². The largest absolute Gasteiger partial charge is 0.423 e. The normalized spacial score (nSPS) is 17.6. The Morgan fingerprint density at radius 3 is 2.45 bits per heavy atom. The van der Waals surface area contributed by atoms with E-state index in [1.807, 2.05) is 13.0 Å². The number of oxazole rings is 1. The number of anilines is 3. The van der Waals surface area contributed by atoms with Crippen LogP contribution in [0.3, 0.4) is 0 Å². The molecule has 0 amide bonds. The molecule has 1 aromatic heterocycles. The molecule has 0 radical (unpaired) electrons. The van der Waals surface area contributed by atoms with Gasteiger partial charge in [0, 0.05) is 31.7 Å². The molecule has 162 valence electrons. The summed E-state index contributed by atoms with van der Waals surface area (Å²) >= 11 is 0. The molecule has 5 rings (SSSR count). The van der Waals surface area contributed by atoms with E-state index < -0.39 is 0 Å². The molecule has 3 heterocycles. The van der Waals surface area contributed by atoms with Gasteiger partial charge in [-0.1, -0.05) is 0 Å². The summed E-state index contributed by atoms with van der Waals surface area (Å²) in [5.74, 6) is -0.169. The zero-order chi connectivity index (χ0) is 21.4. The number of benzene rings is 2. The molecule has 8 heteroatoms. The maximum absolute atomic E-state index is 15.4. The van der Waals surface area contributed by atoms with Crippen molar-refractivity contribution in [2.75, 3.05) is 49.6 Å². The number of ether oxygens (including phenoxy) is 1. The summed E-state index contributed by atoms with van der Waals surface area (Å²) in [6.45, 7) is 6.85. The topological polar surface area (TPSA) is 53.8 Å². The summed E-state index contributed by atoms with van der Waals surface area (Å²) < 4.78 is 39.5. The minimum atomic E-state index is -0.326. The molecule has 1 N–H and O–H groups in total. The third-order valence-corrected chi connectivity index (χ3v) is 5.87. The number of aryl methyl sites for hydroxylation is 1. The fourth-order valence-electron chi connectivity index (χ4n) is 4.03. The predicted molar refractivity (Wildman–Crippen MR) is 115 cm³/mol. The number of nitrogens with one attached hydrogen (secondary N) is 1. The average Bonchev–Trinajstić information content (AvgIpc) is 3.19. The zero-order valence-electron chi connectivity index (χ0n) is 17.3. The van der Waals surface area contributed by atoms with Crippen LogP contribution in [-0.4, -0.2) is 55.3 Å². The van der Waals surface area contributed by atoms with Crippen LogP contribution < -0.4 is 10.2 Å². The van der Waals surface area contributed by atoms with Gasteiger partial charge in [0.2, 0.25) is 0 Å². The molecule has 2 aromatic carbocycles. The lowest BCUT2D eigenvalue weighted by atomic mass is 10.1. The van der Waals surface area contributed by atoms with Gasteiger partial charge in [0.15, 0.2) is 11.6 Å². The molecular formula is C23H24F2N4O2. The van der Waals surface area contributed by atoms with Gasteiger partial charge in [-0.25, -0.2) is 13.8 Å². The predicted octanol–water partition coefficient (Wildman–Crippen LogP) is 4.19. The van der Waals surface area contributed by atoms with Crippen LogP contribution in [0.25, 0.3) is 11.3 Å². The van der Waals surface area contributed by atoms with Crippen LogP contribution in [-0.2, 0) is 4.74 Å². The summed E-state index contributed by atoms with van der Waals surface area (Å²) in [4.78, 5) is 8.70. The number of nitrogens with zero attached hydrogens (tertiary/aromatic N) is 3. The average molecular weight is 426 g/mol.